The van der Waals surface area contributed by atoms with Crippen molar-refractivity contribution in [2.45, 2.75) is 24.7 Å². The van der Waals surface area contributed by atoms with Crippen molar-refractivity contribution < 1.29 is 0 Å². The van der Waals surface area contributed by atoms with E-state index in [9.17, 15) is 0 Å². The van der Waals surface area contributed by atoms with E-state index in [0.29, 0.717) is 5.41 Å². The van der Waals surface area contributed by atoms with Crippen molar-refractivity contribution in [1.82, 2.24) is 9.88 Å². The van der Waals surface area contributed by atoms with E-state index >= 15 is 0 Å². The van der Waals surface area contributed by atoms with Crippen LogP contribution in [0.25, 0.3) is 0 Å². The van der Waals surface area contributed by atoms with Crippen LogP contribution in [0.1, 0.15) is 24.0 Å². The number of anilines is 1. The number of nitrogens with zero attached hydrogens (tertiary/aromatic N) is 2. The summed E-state index contributed by atoms with van der Waals surface area (Å²) in [5.74, 6) is 0. The summed E-state index contributed by atoms with van der Waals surface area (Å²) >= 11 is 0. The van der Waals surface area contributed by atoms with Crippen molar-refractivity contribution in [3.8, 4) is 0 Å². The predicted molar refractivity (Wildman–Crippen MR) is 87.2 cm³/mol. The molecule has 0 bridgehead atoms. The molecule has 1 fully saturated rings. The van der Waals surface area contributed by atoms with Crippen LogP contribution in [0, 0.1) is 0 Å². The number of hydrogen-bond donors (Lipinski definition) is 1. The molecule has 1 saturated carbocycles. The van der Waals surface area contributed by atoms with E-state index in [2.05, 4.69) is 41.2 Å². The third kappa shape index (κ3) is 3.42. The molecule has 2 aromatic rings. The molecule has 0 amide bonds. The molecule has 3 nitrogen and oxygen atoms in total. The van der Waals surface area contributed by atoms with Gasteiger partial charge in [-0.2, -0.15) is 0 Å². The van der Waals surface area contributed by atoms with E-state index in [-0.39, 0.29) is 0 Å². The van der Waals surface area contributed by atoms with Crippen molar-refractivity contribution in [3.63, 3.8) is 0 Å². The van der Waals surface area contributed by atoms with Gasteiger partial charge in [-0.3, -0.25) is 4.98 Å². The zero-order chi connectivity index (χ0) is 14.7. The Bertz CT molecular complexity index is 573. The smallest absolute Gasteiger partial charge is 0.0314 e. The second-order valence-corrected chi connectivity index (χ2v) is 6.25. The van der Waals surface area contributed by atoms with Gasteiger partial charge < -0.3 is 10.6 Å². The van der Waals surface area contributed by atoms with E-state index in [1.807, 2.05) is 24.5 Å². The van der Waals surface area contributed by atoms with Crippen LogP contribution in [0.5, 0.6) is 0 Å². The number of aromatic nitrogens is 1. The van der Waals surface area contributed by atoms with Gasteiger partial charge in [-0.1, -0.05) is 12.1 Å². The minimum atomic E-state index is 0.362. The molecule has 3 rings (SSSR count). The largest absolute Gasteiger partial charge is 0.399 e. The number of hydrogen-bond acceptors (Lipinski definition) is 3. The topological polar surface area (TPSA) is 42.2 Å². The van der Waals surface area contributed by atoms with E-state index in [1.165, 1.54) is 24.0 Å². The number of likely N-dealkylation sites (N-methyl/N-ethyl adjacent to an activating group) is 1. The summed E-state index contributed by atoms with van der Waals surface area (Å²) in [6.45, 7) is 2.21. The highest BCUT2D eigenvalue weighted by Gasteiger charge is 2.44. The first-order chi connectivity index (χ1) is 10.2. The first-order valence-electron chi connectivity index (χ1n) is 7.61. The summed E-state index contributed by atoms with van der Waals surface area (Å²) in [5, 5.41) is 0. The Kier molecular flexibility index (Phi) is 3.93. The van der Waals surface area contributed by atoms with Gasteiger partial charge in [0.2, 0.25) is 0 Å². The van der Waals surface area contributed by atoms with E-state index < -0.39 is 0 Å². The van der Waals surface area contributed by atoms with Gasteiger partial charge in [0, 0.05) is 36.6 Å². The first-order valence-corrected chi connectivity index (χ1v) is 7.61. The Balaban J connectivity index is 1.57. The van der Waals surface area contributed by atoms with Gasteiger partial charge in [0.05, 0.1) is 0 Å². The third-order valence-electron chi connectivity index (χ3n) is 4.48. The summed E-state index contributed by atoms with van der Waals surface area (Å²) in [6.07, 6.45) is 7.39. The molecular formula is C18H23N3. The van der Waals surface area contributed by atoms with Crippen molar-refractivity contribution >= 4 is 5.69 Å². The van der Waals surface area contributed by atoms with Gasteiger partial charge in [0.15, 0.2) is 0 Å². The molecule has 1 aliphatic carbocycles. The van der Waals surface area contributed by atoms with Gasteiger partial charge in [-0.05, 0) is 61.7 Å². The summed E-state index contributed by atoms with van der Waals surface area (Å²) in [7, 11) is 2.22. The fourth-order valence-electron chi connectivity index (χ4n) is 2.99. The number of pyridine rings is 1. The molecule has 0 spiro atoms. The number of benzene rings is 1. The minimum absolute atomic E-state index is 0.362. The highest BCUT2D eigenvalue weighted by molar-refractivity contribution is 5.43. The Morgan fingerprint density at radius 1 is 1.10 bits per heavy atom. The molecule has 1 aromatic heterocycles. The Morgan fingerprint density at radius 3 is 2.38 bits per heavy atom. The molecule has 0 unspecified atom stereocenters. The molecule has 1 aromatic carbocycles. The lowest BCUT2D eigenvalue weighted by Gasteiger charge is -2.24. The summed E-state index contributed by atoms with van der Waals surface area (Å²) in [5.41, 5.74) is 9.79. The fraction of sp³-hybridized carbons (Fsp3) is 0.389. The normalized spacial score (nSPS) is 16.1. The van der Waals surface area contributed by atoms with Crippen LogP contribution in [0.3, 0.4) is 0 Å². The summed E-state index contributed by atoms with van der Waals surface area (Å²) < 4.78 is 0. The second-order valence-electron chi connectivity index (χ2n) is 6.25. The standard InChI is InChI=1S/C18H23N3/c1-21(13-8-15-6-11-20-12-7-15)14-18(9-10-18)16-2-4-17(19)5-3-16/h2-7,11-12H,8-10,13-14,19H2,1H3. The second kappa shape index (κ2) is 5.86. The van der Waals surface area contributed by atoms with Crippen molar-refractivity contribution in [2.75, 3.05) is 25.9 Å². The number of nitrogen functional groups attached to an aromatic ring is 1. The average Bonchev–Trinajstić information content (AvgIpc) is 3.27. The van der Waals surface area contributed by atoms with E-state index in [4.69, 9.17) is 5.73 Å². The summed E-state index contributed by atoms with van der Waals surface area (Å²) in [4.78, 5) is 6.51. The lowest BCUT2D eigenvalue weighted by atomic mass is 9.95. The molecule has 0 atom stereocenters. The van der Waals surface area contributed by atoms with Crippen LogP contribution in [0.4, 0.5) is 5.69 Å². The van der Waals surface area contributed by atoms with Crippen molar-refractivity contribution in [2.24, 2.45) is 0 Å². The summed E-state index contributed by atoms with van der Waals surface area (Å²) in [6, 6.07) is 12.6. The van der Waals surface area contributed by atoms with Gasteiger partial charge in [0.25, 0.3) is 0 Å². The fourth-order valence-corrected chi connectivity index (χ4v) is 2.99. The van der Waals surface area contributed by atoms with Crippen LogP contribution in [0.15, 0.2) is 48.8 Å². The van der Waals surface area contributed by atoms with Gasteiger partial charge >= 0.3 is 0 Å². The van der Waals surface area contributed by atoms with Crippen LogP contribution in [0.2, 0.25) is 0 Å². The maximum Gasteiger partial charge on any atom is 0.0314 e. The lowest BCUT2D eigenvalue weighted by molar-refractivity contribution is 0.305. The Hall–Kier alpha value is -1.87. The molecule has 0 aliphatic heterocycles. The molecule has 2 N–H and O–H groups in total. The van der Waals surface area contributed by atoms with Crippen LogP contribution >= 0.6 is 0 Å². The van der Waals surface area contributed by atoms with Crippen LogP contribution in [-0.2, 0) is 11.8 Å². The molecule has 0 saturated heterocycles. The van der Waals surface area contributed by atoms with Gasteiger partial charge in [-0.25, -0.2) is 0 Å². The van der Waals surface area contributed by atoms with Gasteiger partial charge in [-0.15, -0.1) is 0 Å². The monoisotopic (exact) mass is 281 g/mol. The van der Waals surface area contributed by atoms with Crippen LogP contribution in [-0.4, -0.2) is 30.0 Å². The van der Waals surface area contributed by atoms with Crippen molar-refractivity contribution in [1.29, 1.82) is 0 Å². The maximum atomic E-state index is 5.79. The molecular weight excluding hydrogens is 258 g/mol. The number of rotatable bonds is 6. The molecule has 3 heteroatoms. The Morgan fingerprint density at radius 2 is 1.76 bits per heavy atom. The first kappa shape index (κ1) is 14.1. The lowest BCUT2D eigenvalue weighted by Crippen LogP contribution is -2.31. The van der Waals surface area contributed by atoms with E-state index in [0.717, 1.165) is 25.2 Å². The SMILES string of the molecule is CN(CCc1ccncc1)CC1(c2ccc(N)cc2)CC1. The molecule has 1 heterocycles. The predicted octanol–water partition coefficient (Wildman–Crippen LogP) is 2.87. The molecule has 110 valence electrons. The zero-order valence-corrected chi connectivity index (χ0v) is 12.6. The quantitative estimate of drug-likeness (QED) is 0.828. The molecule has 1 aliphatic rings. The average molecular weight is 281 g/mol. The van der Waals surface area contributed by atoms with Crippen LogP contribution < -0.4 is 5.73 Å². The van der Waals surface area contributed by atoms with Crippen molar-refractivity contribution in [3.05, 3.63) is 59.9 Å². The molecule has 21 heavy (non-hydrogen) atoms. The Labute approximate surface area is 126 Å². The van der Waals surface area contributed by atoms with Gasteiger partial charge in [0.1, 0.15) is 0 Å². The van der Waals surface area contributed by atoms with E-state index in [1.54, 1.807) is 0 Å². The highest BCUT2D eigenvalue weighted by Crippen LogP contribution is 2.48. The third-order valence-corrected chi connectivity index (χ3v) is 4.48. The highest BCUT2D eigenvalue weighted by atomic mass is 15.1. The maximum absolute atomic E-state index is 5.79. The minimum Gasteiger partial charge on any atom is -0.399 e. The zero-order valence-electron chi connectivity index (χ0n) is 12.6. The number of nitrogens with two attached hydrogens (primary N) is 1. The molecule has 0 radical (unpaired) electrons.